The van der Waals surface area contributed by atoms with Crippen LogP contribution in [0.5, 0.6) is 0 Å². The van der Waals surface area contributed by atoms with Crippen molar-refractivity contribution in [2.75, 3.05) is 5.73 Å². The molecular weight excluding hydrogens is 361 g/mol. The third-order valence-electron chi connectivity index (χ3n) is 3.09. The van der Waals surface area contributed by atoms with Gasteiger partial charge >= 0.3 is 0 Å². The predicted octanol–water partition coefficient (Wildman–Crippen LogP) is 1.97. The van der Waals surface area contributed by atoms with Gasteiger partial charge in [-0.1, -0.05) is 12.1 Å². The van der Waals surface area contributed by atoms with E-state index >= 15 is 0 Å². The zero-order valence-corrected chi connectivity index (χ0v) is 14.2. The number of hydrogen-bond donors (Lipinski definition) is 3. The molecule has 5 N–H and O–H groups in total. The lowest BCUT2D eigenvalue weighted by atomic mass is 10.1. The van der Waals surface area contributed by atoms with E-state index in [0.717, 1.165) is 17.7 Å². The normalized spacial score (nSPS) is 11.0. The van der Waals surface area contributed by atoms with E-state index in [1.54, 1.807) is 18.3 Å². The van der Waals surface area contributed by atoms with E-state index in [4.69, 9.17) is 11.5 Å². The molecule has 0 spiro atoms. The summed E-state index contributed by atoms with van der Waals surface area (Å²) < 4.78 is 25.9. The van der Waals surface area contributed by atoms with Gasteiger partial charge < -0.3 is 16.8 Å². The highest BCUT2D eigenvalue weighted by atomic mass is 35.5. The largest absolute Gasteiger partial charge is 0.384 e. The second kappa shape index (κ2) is 10.0. The number of carbonyl (C=O) groups excluding carboxylic acids is 1. The summed E-state index contributed by atoms with van der Waals surface area (Å²) >= 11 is 0. The Hall–Kier alpha value is -1.96. The number of hydrogen-bond acceptors (Lipinski definition) is 4. The maximum Gasteiger partial charge on any atom is 0.237 e. The van der Waals surface area contributed by atoms with Crippen LogP contribution in [0.3, 0.4) is 0 Å². The van der Waals surface area contributed by atoms with Crippen molar-refractivity contribution in [1.82, 2.24) is 10.3 Å². The Balaban J connectivity index is 0.00000264. The lowest BCUT2D eigenvalue weighted by Gasteiger charge is -2.12. The molecule has 1 atom stereocenters. The van der Waals surface area contributed by atoms with Crippen molar-refractivity contribution in [3.05, 3.63) is 59.3 Å². The Morgan fingerprint density at radius 2 is 1.79 bits per heavy atom. The molecule has 0 fully saturated rings. The molecule has 1 aromatic carbocycles. The number of pyridine rings is 1. The minimum Gasteiger partial charge on any atom is -0.384 e. The van der Waals surface area contributed by atoms with Gasteiger partial charge in [0, 0.05) is 12.7 Å². The summed E-state index contributed by atoms with van der Waals surface area (Å²) in [5, 5.41) is 2.65. The second-order valence-electron chi connectivity index (χ2n) is 4.87. The molecule has 0 saturated heterocycles. The number of benzene rings is 1. The zero-order valence-electron chi connectivity index (χ0n) is 12.5. The van der Waals surface area contributed by atoms with E-state index in [0.29, 0.717) is 11.4 Å². The molecule has 1 amide bonds. The minimum absolute atomic E-state index is 0. The lowest BCUT2D eigenvalue weighted by Crippen LogP contribution is -2.41. The van der Waals surface area contributed by atoms with E-state index in [-0.39, 0.29) is 43.7 Å². The molecule has 0 saturated carbocycles. The van der Waals surface area contributed by atoms with Crippen LogP contribution in [-0.2, 0) is 17.8 Å². The lowest BCUT2D eigenvalue weighted by molar-refractivity contribution is -0.122. The molecule has 0 radical (unpaired) electrons. The summed E-state index contributed by atoms with van der Waals surface area (Å²) in [5.74, 6) is -1.89. The van der Waals surface area contributed by atoms with Gasteiger partial charge in [0.05, 0.1) is 6.04 Å². The molecule has 2 rings (SSSR count). The van der Waals surface area contributed by atoms with Crippen molar-refractivity contribution < 1.29 is 13.6 Å². The highest BCUT2D eigenvalue weighted by Gasteiger charge is 2.15. The van der Waals surface area contributed by atoms with Crippen molar-refractivity contribution in [1.29, 1.82) is 0 Å². The first-order valence-electron chi connectivity index (χ1n) is 6.63. The number of amides is 1. The van der Waals surface area contributed by atoms with Gasteiger partial charge in [0.2, 0.25) is 5.91 Å². The predicted molar refractivity (Wildman–Crippen MR) is 93.0 cm³/mol. The first-order chi connectivity index (χ1) is 10.5. The molecule has 1 aromatic heterocycles. The van der Waals surface area contributed by atoms with Crippen LogP contribution in [0, 0.1) is 11.6 Å². The average Bonchev–Trinajstić information content (AvgIpc) is 2.50. The average molecular weight is 379 g/mol. The van der Waals surface area contributed by atoms with Gasteiger partial charge in [-0.25, -0.2) is 13.8 Å². The third kappa shape index (κ3) is 6.27. The molecule has 2 aromatic rings. The van der Waals surface area contributed by atoms with Crippen LogP contribution in [0.4, 0.5) is 14.6 Å². The number of nitrogens with two attached hydrogens (primary N) is 2. The topological polar surface area (TPSA) is 94.0 Å². The number of nitrogen functional groups attached to an aromatic ring is 1. The van der Waals surface area contributed by atoms with Crippen LogP contribution in [0.1, 0.15) is 11.1 Å². The van der Waals surface area contributed by atoms with Crippen LogP contribution in [0.15, 0.2) is 36.5 Å². The van der Waals surface area contributed by atoms with Gasteiger partial charge in [-0.15, -0.1) is 24.8 Å². The van der Waals surface area contributed by atoms with Crippen molar-refractivity contribution in [2.24, 2.45) is 5.73 Å². The van der Waals surface area contributed by atoms with Crippen LogP contribution >= 0.6 is 24.8 Å². The van der Waals surface area contributed by atoms with Crippen LogP contribution < -0.4 is 16.8 Å². The monoisotopic (exact) mass is 378 g/mol. The van der Waals surface area contributed by atoms with Gasteiger partial charge in [0.25, 0.3) is 0 Å². The maximum absolute atomic E-state index is 13.1. The molecule has 5 nitrogen and oxygen atoms in total. The van der Waals surface area contributed by atoms with Crippen LogP contribution in [0.25, 0.3) is 0 Å². The van der Waals surface area contributed by atoms with Crippen molar-refractivity contribution in [3.8, 4) is 0 Å². The fraction of sp³-hybridized carbons (Fsp3) is 0.200. The zero-order chi connectivity index (χ0) is 16.1. The highest BCUT2D eigenvalue weighted by molar-refractivity contribution is 5.85. The Bertz CT molecular complexity index is 671. The van der Waals surface area contributed by atoms with Crippen molar-refractivity contribution in [2.45, 2.75) is 19.0 Å². The van der Waals surface area contributed by atoms with Gasteiger partial charge in [-0.2, -0.15) is 0 Å². The molecule has 0 aliphatic carbocycles. The molecular formula is C15H18Cl2F2N4O. The van der Waals surface area contributed by atoms with Gasteiger partial charge in [0.15, 0.2) is 11.6 Å². The Morgan fingerprint density at radius 3 is 2.38 bits per heavy atom. The first kappa shape index (κ1) is 22.0. The summed E-state index contributed by atoms with van der Waals surface area (Å²) in [5.41, 5.74) is 12.5. The summed E-state index contributed by atoms with van der Waals surface area (Å²) in [6.07, 6.45) is 1.67. The highest BCUT2D eigenvalue weighted by Crippen LogP contribution is 2.10. The Labute approximate surface area is 150 Å². The third-order valence-corrected chi connectivity index (χ3v) is 3.09. The molecule has 1 unspecified atom stereocenters. The molecule has 9 heteroatoms. The standard InChI is InChI=1S/C15H16F2N4O.2ClH/c16-11-3-1-9(5-12(11)17)6-13(18)15(22)21-8-10-2-4-14(19)20-7-10;;/h1-5,7,13H,6,8,18H2,(H2,19,20)(H,21,22);2*1H. The molecule has 24 heavy (non-hydrogen) atoms. The number of nitrogens with zero attached hydrogens (tertiary/aromatic N) is 1. The number of aromatic nitrogens is 1. The van der Waals surface area contributed by atoms with Gasteiger partial charge in [-0.05, 0) is 35.7 Å². The number of anilines is 1. The van der Waals surface area contributed by atoms with E-state index in [1.807, 2.05) is 0 Å². The number of halogens is 4. The van der Waals surface area contributed by atoms with Gasteiger partial charge in [-0.3, -0.25) is 4.79 Å². The molecule has 132 valence electrons. The molecule has 0 aliphatic rings. The fourth-order valence-electron chi connectivity index (χ4n) is 1.87. The summed E-state index contributed by atoms with van der Waals surface area (Å²) in [6.45, 7) is 0.262. The quantitative estimate of drug-likeness (QED) is 0.741. The maximum atomic E-state index is 13.1. The summed E-state index contributed by atoms with van der Waals surface area (Å²) in [6, 6.07) is 5.95. The van der Waals surface area contributed by atoms with Crippen molar-refractivity contribution >= 4 is 36.5 Å². The summed E-state index contributed by atoms with van der Waals surface area (Å²) in [4.78, 5) is 15.8. The SMILES string of the molecule is Cl.Cl.Nc1ccc(CNC(=O)C(N)Cc2ccc(F)c(F)c2)cn1. The minimum atomic E-state index is -0.960. The van der Waals surface area contributed by atoms with E-state index in [9.17, 15) is 13.6 Å². The molecule has 0 bridgehead atoms. The number of nitrogens with one attached hydrogen (secondary N) is 1. The van der Waals surface area contributed by atoms with E-state index < -0.39 is 17.7 Å². The Morgan fingerprint density at radius 1 is 1.12 bits per heavy atom. The fourth-order valence-corrected chi connectivity index (χ4v) is 1.87. The van der Waals surface area contributed by atoms with Crippen molar-refractivity contribution in [3.63, 3.8) is 0 Å². The van der Waals surface area contributed by atoms with Crippen LogP contribution in [-0.4, -0.2) is 16.9 Å². The Kier molecular flexibility index (Phi) is 9.20. The van der Waals surface area contributed by atoms with Crippen LogP contribution in [0.2, 0.25) is 0 Å². The molecule has 1 heterocycles. The summed E-state index contributed by atoms with van der Waals surface area (Å²) in [7, 11) is 0. The number of carbonyl (C=O) groups is 1. The van der Waals surface area contributed by atoms with E-state index in [1.165, 1.54) is 6.07 Å². The van der Waals surface area contributed by atoms with E-state index in [2.05, 4.69) is 10.3 Å². The smallest absolute Gasteiger partial charge is 0.237 e. The number of rotatable bonds is 5. The first-order valence-corrected chi connectivity index (χ1v) is 6.63. The second-order valence-corrected chi connectivity index (χ2v) is 4.87. The molecule has 0 aliphatic heterocycles. The van der Waals surface area contributed by atoms with Gasteiger partial charge in [0.1, 0.15) is 5.82 Å².